The molecule has 0 aromatic heterocycles. The summed E-state index contributed by atoms with van der Waals surface area (Å²) in [5.74, 6) is -0.287. The fraction of sp³-hybridized carbons (Fsp3) is 0.680. The van der Waals surface area contributed by atoms with E-state index < -0.39 is 21.2 Å². The van der Waals surface area contributed by atoms with Crippen molar-refractivity contribution in [3.8, 4) is 0 Å². The molecular weight excluding hydrogens is 438 g/mol. The minimum atomic E-state index is -3.09. The van der Waals surface area contributed by atoms with E-state index in [-0.39, 0.29) is 41.2 Å². The van der Waals surface area contributed by atoms with Gasteiger partial charge in [0.2, 0.25) is 11.8 Å². The number of likely N-dealkylation sites (tertiary alicyclic amines) is 1. The maximum atomic E-state index is 13.0. The molecule has 0 bridgehead atoms. The zero-order chi connectivity index (χ0) is 23.9. The highest BCUT2D eigenvalue weighted by molar-refractivity contribution is 7.91. The molecule has 0 radical (unpaired) electrons. The highest BCUT2D eigenvalue weighted by Crippen LogP contribution is 2.52. The van der Waals surface area contributed by atoms with Crippen molar-refractivity contribution >= 4 is 21.7 Å². The maximum Gasteiger partial charge on any atom is 0.223 e. The molecule has 0 atom stereocenters. The van der Waals surface area contributed by atoms with Crippen molar-refractivity contribution in [2.75, 3.05) is 38.7 Å². The van der Waals surface area contributed by atoms with Crippen molar-refractivity contribution in [1.29, 1.82) is 0 Å². The van der Waals surface area contributed by atoms with Gasteiger partial charge in [-0.15, -0.1) is 0 Å². The molecule has 1 spiro atoms. The molecule has 3 fully saturated rings. The first kappa shape index (κ1) is 24.2. The second-order valence-electron chi connectivity index (χ2n) is 10.8. The Morgan fingerprint density at radius 1 is 1.03 bits per heavy atom. The summed E-state index contributed by atoms with van der Waals surface area (Å²) in [5.41, 5.74) is 6.21. The van der Waals surface area contributed by atoms with Gasteiger partial charge in [-0.1, -0.05) is 30.3 Å². The van der Waals surface area contributed by atoms with Crippen molar-refractivity contribution in [1.82, 2.24) is 9.80 Å². The van der Waals surface area contributed by atoms with Crippen LogP contribution in [0.5, 0.6) is 0 Å². The zero-order valence-corrected chi connectivity index (χ0v) is 20.7. The number of sulfone groups is 1. The first-order valence-electron chi connectivity index (χ1n) is 12.0. The first-order chi connectivity index (χ1) is 15.5. The van der Waals surface area contributed by atoms with Gasteiger partial charge < -0.3 is 10.6 Å². The Morgan fingerprint density at radius 2 is 1.64 bits per heavy atom. The lowest BCUT2D eigenvalue weighted by Crippen LogP contribution is -2.48. The van der Waals surface area contributed by atoms with Crippen molar-refractivity contribution in [2.24, 2.45) is 16.6 Å². The van der Waals surface area contributed by atoms with Crippen LogP contribution in [0.25, 0.3) is 0 Å². The van der Waals surface area contributed by atoms with Crippen LogP contribution in [0, 0.1) is 10.8 Å². The Labute approximate surface area is 197 Å². The lowest BCUT2D eigenvalue weighted by Gasteiger charge is -2.49. The number of hydrogen-bond acceptors (Lipinski definition) is 5. The molecule has 1 aliphatic carbocycles. The number of benzene rings is 1. The molecule has 33 heavy (non-hydrogen) atoms. The summed E-state index contributed by atoms with van der Waals surface area (Å²) < 4.78 is 23.7. The standard InChI is InChI=1S/C25H37N3O4S/c1-27(2)25(20-6-4-3-5-7-20)10-8-23(9-11-25)18-21(29)28(19-23)15-12-24(22(26)30)13-16-33(31,32)17-14-24/h3-7H,8-19H2,1-2H3,(H2,26,30)/t23-,25-. The third-order valence-corrected chi connectivity index (χ3v) is 10.5. The van der Waals surface area contributed by atoms with Crippen LogP contribution in [0.1, 0.15) is 56.9 Å². The summed E-state index contributed by atoms with van der Waals surface area (Å²) in [6.07, 6.45) is 5.53. The number of rotatable bonds is 6. The van der Waals surface area contributed by atoms with Gasteiger partial charge in [-0.3, -0.25) is 14.5 Å². The molecule has 1 saturated carbocycles. The lowest BCUT2D eigenvalue weighted by molar-refractivity contribution is -0.132. The molecule has 2 N–H and O–H groups in total. The van der Waals surface area contributed by atoms with Crippen LogP contribution >= 0.6 is 0 Å². The quantitative estimate of drug-likeness (QED) is 0.680. The van der Waals surface area contributed by atoms with Gasteiger partial charge in [0.05, 0.1) is 16.9 Å². The predicted molar refractivity (Wildman–Crippen MR) is 128 cm³/mol. The number of nitrogens with two attached hydrogens (primary N) is 1. The molecule has 0 unspecified atom stereocenters. The van der Waals surface area contributed by atoms with Gasteiger partial charge in [-0.25, -0.2) is 8.42 Å². The van der Waals surface area contributed by atoms with E-state index in [1.165, 1.54) is 5.56 Å². The normalized spacial score (nSPS) is 28.3. The van der Waals surface area contributed by atoms with Crippen molar-refractivity contribution in [3.63, 3.8) is 0 Å². The Bertz CT molecular complexity index is 984. The van der Waals surface area contributed by atoms with Gasteiger partial charge in [0.25, 0.3) is 0 Å². The predicted octanol–water partition coefficient (Wildman–Crippen LogP) is 2.31. The van der Waals surface area contributed by atoms with E-state index in [0.717, 1.165) is 32.2 Å². The van der Waals surface area contributed by atoms with Gasteiger partial charge >= 0.3 is 0 Å². The fourth-order valence-corrected chi connectivity index (χ4v) is 7.96. The average molecular weight is 476 g/mol. The molecule has 3 aliphatic rings. The van der Waals surface area contributed by atoms with Gasteiger partial charge in [0.15, 0.2) is 0 Å². The summed E-state index contributed by atoms with van der Waals surface area (Å²) in [6.45, 7) is 1.19. The Kier molecular flexibility index (Phi) is 6.37. The average Bonchev–Trinajstić information content (AvgIpc) is 3.09. The summed E-state index contributed by atoms with van der Waals surface area (Å²) in [7, 11) is 1.20. The smallest absolute Gasteiger partial charge is 0.223 e. The van der Waals surface area contributed by atoms with Gasteiger partial charge in [0.1, 0.15) is 9.84 Å². The summed E-state index contributed by atoms with van der Waals surface area (Å²) in [4.78, 5) is 29.5. The SMILES string of the molecule is CN(C)[C@]1(c2ccccc2)CC[C@@]2(CC1)CC(=O)N(CCC1(C(N)=O)CCS(=O)(=O)CC1)C2. The minimum absolute atomic E-state index is 0.0000714. The van der Waals surface area contributed by atoms with E-state index in [4.69, 9.17) is 5.73 Å². The van der Waals surface area contributed by atoms with Crippen molar-refractivity contribution in [3.05, 3.63) is 35.9 Å². The molecule has 182 valence electrons. The molecule has 8 heteroatoms. The van der Waals surface area contributed by atoms with Gasteiger partial charge in [0, 0.05) is 25.0 Å². The number of amides is 2. The van der Waals surface area contributed by atoms with Crippen LogP contribution in [0.2, 0.25) is 0 Å². The zero-order valence-electron chi connectivity index (χ0n) is 19.9. The monoisotopic (exact) mass is 475 g/mol. The molecule has 1 aromatic rings. The van der Waals surface area contributed by atoms with E-state index >= 15 is 0 Å². The van der Waals surface area contributed by atoms with E-state index in [2.05, 4.69) is 43.3 Å². The molecule has 7 nitrogen and oxygen atoms in total. The van der Waals surface area contributed by atoms with Gasteiger partial charge in [-0.05, 0) is 70.0 Å². The number of primary amides is 1. The molecular formula is C25H37N3O4S. The van der Waals surface area contributed by atoms with Crippen LogP contribution in [-0.2, 0) is 25.0 Å². The van der Waals surface area contributed by atoms with Gasteiger partial charge in [-0.2, -0.15) is 0 Å². The molecule has 1 aromatic carbocycles. The molecule has 4 rings (SSSR count). The number of carbonyl (C=O) groups excluding carboxylic acids is 2. The van der Waals surface area contributed by atoms with Crippen molar-refractivity contribution < 1.29 is 18.0 Å². The van der Waals surface area contributed by atoms with Crippen molar-refractivity contribution in [2.45, 2.75) is 56.9 Å². The Hall–Kier alpha value is -1.93. The van der Waals surface area contributed by atoms with E-state index in [0.29, 0.717) is 19.4 Å². The fourth-order valence-electron chi connectivity index (χ4n) is 6.35. The maximum absolute atomic E-state index is 13.0. The Morgan fingerprint density at radius 3 is 2.18 bits per heavy atom. The van der Waals surface area contributed by atoms with E-state index in [9.17, 15) is 18.0 Å². The topological polar surface area (TPSA) is 101 Å². The molecule has 2 aliphatic heterocycles. The van der Waals surface area contributed by atoms with Crippen LogP contribution < -0.4 is 5.73 Å². The first-order valence-corrected chi connectivity index (χ1v) is 13.8. The highest BCUT2D eigenvalue weighted by Gasteiger charge is 2.51. The summed E-state index contributed by atoms with van der Waals surface area (Å²) in [5, 5.41) is 0. The molecule has 2 heterocycles. The lowest BCUT2D eigenvalue weighted by atomic mass is 9.64. The molecule has 2 amide bonds. The second kappa shape index (κ2) is 8.69. The van der Waals surface area contributed by atoms with Crippen LogP contribution in [0.15, 0.2) is 30.3 Å². The number of nitrogens with zero attached hydrogens (tertiary/aromatic N) is 2. The summed E-state index contributed by atoms with van der Waals surface area (Å²) in [6, 6.07) is 10.6. The minimum Gasteiger partial charge on any atom is -0.369 e. The van der Waals surface area contributed by atoms with E-state index in [1.807, 2.05) is 11.0 Å². The van der Waals surface area contributed by atoms with Crippen LogP contribution in [0.3, 0.4) is 0 Å². The highest BCUT2D eigenvalue weighted by atomic mass is 32.2. The second-order valence-corrected chi connectivity index (χ2v) is 13.1. The van der Waals surface area contributed by atoms with Crippen LogP contribution in [-0.4, -0.2) is 68.7 Å². The third-order valence-electron chi connectivity index (χ3n) is 8.88. The van der Waals surface area contributed by atoms with E-state index in [1.54, 1.807) is 0 Å². The molecule has 2 saturated heterocycles. The largest absolute Gasteiger partial charge is 0.369 e. The number of hydrogen-bond donors (Lipinski definition) is 1. The number of carbonyl (C=O) groups is 2. The van der Waals surface area contributed by atoms with Crippen LogP contribution in [0.4, 0.5) is 0 Å². The summed E-state index contributed by atoms with van der Waals surface area (Å²) >= 11 is 0. The third kappa shape index (κ3) is 4.56. The Balaban J connectivity index is 1.42.